The maximum absolute atomic E-state index is 13.9. The lowest BCUT2D eigenvalue weighted by Crippen LogP contribution is -2.40. The van der Waals surface area contributed by atoms with Crippen molar-refractivity contribution in [1.82, 2.24) is 14.7 Å². The number of carbonyl (C=O) groups is 2. The summed E-state index contributed by atoms with van der Waals surface area (Å²) >= 11 is 0. The molecule has 1 saturated carbocycles. The molecule has 0 unspecified atom stereocenters. The largest absolute Gasteiger partial charge is 0.331 e. The summed E-state index contributed by atoms with van der Waals surface area (Å²) in [5, 5.41) is 7.13. The van der Waals surface area contributed by atoms with Crippen molar-refractivity contribution in [1.29, 1.82) is 0 Å². The summed E-state index contributed by atoms with van der Waals surface area (Å²) in [4.78, 5) is 27.4. The second kappa shape index (κ2) is 7.98. The Bertz CT molecular complexity index is 1130. The van der Waals surface area contributed by atoms with Gasteiger partial charge in [-0.3, -0.25) is 9.59 Å². The van der Waals surface area contributed by atoms with Crippen molar-refractivity contribution in [2.75, 3.05) is 5.32 Å². The highest BCUT2D eigenvalue weighted by Gasteiger charge is 2.36. The van der Waals surface area contributed by atoms with E-state index in [0.717, 1.165) is 36.8 Å². The molecule has 2 amide bonds. The van der Waals surface area contributed by atoms with Crippen molar-refractivity contribution in [3.63, 3.8) is 0 Å². The van der Waals surface area contributed by atoms with Crippen LogP contribution in [0.3, 0.4) is 0 Å². The Morgan fingerprint density at radius 3 is 2.52 bits per heavy atom. The van der Waals surface area contributed by atoms with Crippen LogP contribution in [0.5, 0.6) is 0 Å². The summed E-state index contributed by atoms with van der Waals surface area (Å²) in [6.45, 7) is 0.657. The average Bonchev–Trinajstić information content (AvgIpc) is 3.39. The highest BCUT2D eigenvalue weighted by molar-refractivity contribution is 5.98. The minimum atomic E-state index is -0.375. The first-order valence-electron chi connectivity index (χ1n) is 10.6. The zero-order chi connectivity index (χ0) is 21.4. The number of halogens is 1. The number of rotatable bonds is 4. The molecular formula is C24H23FN4O2. The third-order valence-corrected chi connectivity index (χ3v) is 6.30. The lowest BCUT2D eigenvalue weighted by molar-refractivity contribution is -0.121. The zero-order valence-corrected chi connectivity index (χ0v) is 17.0. The van der Waals surface area contributed by atoms with Crippen LogP contribution in [0.25, 0.3) is 5.69 Å². The minimum Gasteiger partial charge on any atom is -0.331 e. The number of para-hydroxylation sites is 1. The van der Waals surface area contributed by atoms with E-state index >= 15 is 0 Å². The SMILES string of the molecule is O=C(Nc1ccn(-c2ccccc2F)n1)C1CCC(N2Cc3ccccc3C2=O)CC1. The van der Waals surface area contributed by atoms with Gasteiger partial charge in [-0.2, -0.15) is 0 Å². The van der Waals surface area contributed by atoms with Crippen LogP contribution in [0.4, 0.5) is 10.2 Å². The summed E-state index contributed by atoms with van der Waals surface area (Å²) in [6, 6.07) is 15.9. The number of hydrogen-bond acceptors (Lipinski definition) is 3. The number of amides is 2. The molecule has 1 aromatic heterocycles. The molecule has 3 aromatic rings. The molecule has 7 heteroatoms. The Kier molecular flexibility index (Phi) is 5.02. The topological polar surface area (TPSA) is 67.2 Å². The van der Waals surface area contributed by atoms with Crippen molar-refractivity contribution in [3.8, 4) is 5.69 Å². The maximum Gasteiger partial charge on any atom is 0.254 e. The molecule has 2 heterocycles. The van der Waals surface area contributed by atoms with Gasteiger partial charge in [0.15, 0.2) is 5.82 Å². The minimum absolute atomic E-state index is 0.0757. The third kappa shape index (κ3) is 3.71. The first-order chi connectivity index (χ1) is 15.1. The van der Waals surface area contributed by atoms with Gasteiger partial charge in [0.25, 0.3) is 5.91 Å². The van der Waals surface area contributed by atoms with E-state index in [4.69, 9.17) is 0 Å². The summed E-state index contributed by atoms with van der Waals surface area (Å²) in [6.07, 6.45) is 4.69. The first kappa shape index (κ1) is 19.5. The van der Waals surface area contributed by atoms with E-state index in [-0.39, 0.29) is 29.6 Å². The van der Waals surface area contributed by atoms with Gasteiger partial charge in [0, 0.05) is 36.3 Å². The van der Waals surface area contributed by atoms with Gasteiger partial charge in [-0.15, -0.1) is 5.10 Å². The molecule has 5 rings (SSSR count). The van der Waals surface area contributed by atoms with Crippen LogP contribution in [0.2, 0.25) is 0 Å². The van der Waals surface area contributed by atoms with Gasteiger partial charge < -0.3 is 10.2 Å². The summed E-state index contributed by atoms with van der Waals surface area (Å²) in [5.41, 5.74) is 2.21. The highest BCUT2D eigenvalue weighted by atomic mass is 19.1. The van der Waals surface area contributed by atoms with Gasteiger partial charge in [-0.1, -0.05) is 30.3 Å². The monoisotopic (exact) mass is 418 g/mol. The van der Waals surface area contributed by atoms with Crippen molar-refractivity contribution >= 4 is 17.6 Å². The van der Waals surface area contributed by atoms with E-state index in [2.05, 4.69) is 10.4 Å². The summed E-state index contributed by atoms with van der Waals surface area (Å²) in [5.74, 6) is -0.0636. The molecule has 1 aliphatic carbocycles. The second-order valence-corrected chi connectivity index (χ2v) is 8.18. The Morgan fingerprint density at radius 1 is 1.00 bits per heavy atom. The quantitative estimate of drug-likeness (QED) is 0.692. The van der Waals surface area contributed by atoms with Crippen LogP contribution in [0.1, 0.15) is 41.6 Å². The molecule has 1 aliphatic heterocycles. The standard InChI is InChI=1S/C24H23FN4O2/c25-20-7-3-4-8-21(20)29-14-13-22(27-29)26-23(30)16-9-11-18(12-10-16)28-15-17-5-1-2-6-19(17)24(28)31/h1-8,13-14,16,18H,9-12,15H2,(H,26,27,30). The van der Waals surface area contributed by atoms with Crippen LogP contribution in [0.15, 0.2) is 60.8 Å². The Balaban J connectivity index is 1.18. The Labute approximate surface area is 179 Å². The summed E-state index contributed by atoms with van der Waals surface area (Å²) < 4.78 is 15.4. The molecule has 0 saturated heterocycles. The maximum atomic E-state index is 13.9. The molecule has 1 N–H and O–H groups in total. The van der Waals surface area contributed by atoms with E-state index in [1.807, 2.05) is 29.2 Å². The number of nitrogens with one attached hydrogen (secondary N) is 1. The zero-order valence-electron chi connectivity index (χ0n) is 17.0. The van der Waals surface area contributed by atoms with Crippen LogP contribution in [-0.2, 0) is 11.3 Å². The number of fused-ring (bicyclic) bond motifs is 1. The molecule has 0 spiro atoms. The van der Waals surface area contributed by atoms with Crippen molar-refractivity contribution in [2.24, 2.45) is 5.92 Å². The van der Waals surface area contributed by atoms with Crippen LogP contribution < -0.4 is 5.32 Å². The number of aromatic nitrogens is 2. The normalized spacial score (nSPS) is 20.5. The van der Waals surface area contributed by atoms with E-state index in [1.54, 1.807) is 30.5 Å². The average molecular weight is 418 g/mol. The van der Waals surface area contributed by atoms with Gasteiger partial charge in [-0.05, 0) is 49.4 Å². The molecule has 2 aliphatic rings. The second-order valence-electron chi connectivity index (χ2n) is 8.18. The smallest absolute Gasteiger partial charge is 0.254 e. The van der Waals surface area contributed by atoms with E-state index in [9.17, 15) is 14.0 Å². The van der Waals surface area contributed by atoms with Gasteiger partial charge in [-0.25, -0.2) is 9.07 Å². The number of hydrogen-bond donors (Lipinski definition) is 1. The Hall–Kier alpha value is -3.48. The molecule has 6 nitrogen and oxygen atoms in total. The lowest BCUT2D eigenvalue weighted by atomic mass is 9.84. The molecule has 158 valence electrons. The lowest BCUT2D eigenvalue weighted by Gasteiger charge is -2.34. The van der Waals surface area contributed by atoms with E-state index < -0.39 is 0 Å². The first-order valence-corrected chi connectivity index (χ1v) is 10.6. The molecule has 0 bridgehead atoms. The van der Waals surface area contributed by atoms with Crippen molar-refractivity contribution in [3.05, 3.63) is 77.7 Å². The number of benzene rings is 2. The molecule has 31 heavy (non-hydrogen) atoms. The highest BCUT2D eigenvalue weighted by Crippen LogP contribution is 2.33. The van der Waals surface area contributed by atoms with E-state index in [0.29, 0.717) is 18.1 Å². The van der Waals surface area contributed by atoms with E-state index in [1.165, 1.54) is 10.7 Å². The van der Waals surface area contributed by atoms with Gasteiger partial charge in [0.05, 0.1) is 0 Å². The van der Waals surface area contributed by atoms with Crippen LogP contribution >= 0.6 is 0 Å². The van der Waals surface area contributed by atoms with Crippen LogP contribution in [-0.4, -0.2) is 32.5 Å². The fraction of sp³-hybridized carbons (Fsp3) is 0.292. The van der Waals surface area contributed by atoms with Crippen molar-refractivity contribution < 1.29 is 14.0 Å². The van der Waals surface area contributed by atoms with Crippen LogP contribution in [0, 0.1) is 11.7 Å². The number of anilines is 1. The predicted molar refractivity (Wildman–Crippen MR) is 114 cm³/mol. The molecule has 2 aromatic carbocycles. The fourth-order valence-electron chi connectivity index (χ4n) is 4.61. The Morgan fingerprint density at radius 2 is 1.74 bits per heavy atom. The van der Waals surface area contributed by atoms with Gasteiger partial charge in [0.2, 0.25) is 5.91 Å². The fourth-order valence-corrected chi connectivity index (χ4v) is 4.61. The van der Waals surface area contributed by atoms with Gasteiger partial charge >= 0.3 is 0 Å². The molecule has 0 atom stereocenters. The molecular weight excluding hydrogens is 395 g/mol. The predicted octanol–water partition coefficient (Wildman–Crippen LogP) is 4.16. The van der Waals surface area contributed by atoms with Crippen molar-refractivity contribution in [2.45, 2.75) is 38.3 Å². The number of nitrogens with zero attached hydrogens (tertiary/aromatic N) is 3. The van der Waals surface area contributed by atoms with Gasteiger partial charge in [0.1, 0.15) is 11.5 Å². The third-order valence-electron chi connectivity index (χ3n) is 6.30. The number of carbonyl (C=O) groups excluding carboxylic acids is 2. The summed E-state index contributed by atoms with van der Waals surface area (Å²) in [7, 11) is 0. The molecule has 0 radical (unpaired) electrons. The molecule has 1 fully saturated rings.